The fourth-order valence-corrected chi connectivity index (χ4v) is 1.57. The summed E-state index contributed by atoms with van der Waals surface area (Å²) in [4.78, 5) is 13.6. The molecule has 0 unspecified atom stereocenters. The molecule has 0 saturated carbocycles. The number of fused-ring (bicyclic) bond motifs is 1. The Kier molecular flexibility index (Phi) is 1.99. The second-order valence-electron chi connectivity index (χ2n) is 2.83. The van der Waals surface area contributed by atoms with Crippen LogP contribution < -0.4 is 0 Å². The van der Waals surface area contributed by atoms with E-state index in [1.54, 1.807) is 18.2 Å². The lowest BCUT2D eigenvalue weighted by Gasteiger charge is -1.90. The van der Waals surface area contributed by atoms with Gasteiger partial charge in [0.2, 0.25) is 0 Å². The van der Waals surface area contributed by atoms with Gasteiger partial charge in [0.15, 0.2) is 6.29 Å². The van der Waals surface area contributed by atoms with Gasteiger partial charge >= 0.3 is 0 Å². The first-order valence-electron chi connectivity index (χ1n) is 3.93. The van der Waals surface area contributed by atoms with E-state index in [1.807, 2.05) is 6.07 Å². The molecule has 0 atom stereocenters. The predicted octanol–water partition coefficient (Wildman–Crippen LogP) is 2.51. The summed E-state index contributed by atoms with van der Waals surface area (Å²) in [5, 5.41) is 9.98. The molecule has 0 aliphatic carbocycles. The number of hydrogen-bond acceptors (Lipinski definition) is 2. The Labute approximate surface area is 84.9 Å². The number of carbonyl (C=O) groups excluding carboxylic acids is 1. The third kappa shape index (κ3) is 1.17. The lowest BCUT2D eigenvalue weighted by atomic mass is 10.1. The summed E-state index contributed by atoms with van der Waals surface area (Å²) in [6.45, 7) is 0. The number of benzene rings is 1. The van der Waals surface area contributed by atoms with Crippen molar-refractivity contribution in [2.24, 2.45) is 0 Å². The molecule has 1 aromatic heterocycles. The lowest BCUT2D eigenvalue weighted by Crippen LogP contribution is -1.81. The molecule has 0 bridgehead atoms. The Hall–Kier alpha value is -1.79. The number of rotatable bonds is 1. The van der Waals surface area contributed by atoms with Gasteiger partial charge in [-0.2, -0.15) is 5.26 Å². The number of carbonyl (C=O) groups is 1. The first-order valence-corrected chi connectivity index (χ1v) is 4.30. The van der Waals surface area contributed by atoms with Crippen molar-refractivity contribution in [3.8, 4) is 6.07 Å². The fourth-order valence-electron chi connectivity index (χ4n) is 1.40. The summed E-state index contributed by atoms with van der Waals surface area (Å²) in [6, 6.07) is 7.04. The number of aromatic nitrogens is 1. The number of halogens is 1. The first-order chi connectivity index (χ1) is 6.76. The molecule has 4 heteroatoms. The quantitative estimate of drug-likeness (QED) is 0.726. The molecule has 3 nitrogen and oxygen atoms in total. The maximum Gasteiger partial charge on any atom is 0.153 e. The number of nitrogens with zero attached hydrogens (tertiary/aromatic N) is 1. The van der Waals surface area contributed by atoms with Crippen LogP contribution in [-0.2, 0) is 0 Å². The molecular formula is C10H5ClN2O. The summed E-state index contributed by atoms with van der Waals surface area (Å²) in [5.41, 5.74) is 1.38. The van der Waals surface area contributed by atoms with E-state index in [1.165, 1.54) is 0 Å². The zero-order valence-electron chi connectivity index (χ0n) is 7.04. The zero-order chi connectivity index (χ0) is 10.1. The Balaban J connectivity index is 2.90. The van der Waals surface area contributed by atoms with Crippen LogP contribution in [0.15, 0.2) is 18.2 Å². The Morgan fingerprint density at radius 1 is 1.50 bits per heavy atom. The third-order valence-electron chi connectivity index (χ3n) is 2.03. The summed E-state index contributed by atoms with van der Waals surface area (Å²) < 4.78 is 0. The predicted molar refractivity (Wildman–Crippen MR) is 53.4 cm³/mol. The highest BCUT2D eigenvalue weighted by molar-refractivity contribution is 6.31. The maximum absolute atomic E-state index is 10.8. The maximum atomic E-state index is 10.8. The number of nitriles is 1. The van der Waals surface area contributed by atoms with E-state index in [-0.39, 0.29) is 5.69 Å². The van der Waals surface area contributed by atoms with Gasteiger partial charge in [-0.15, -0.1) is 0 Å². The monoisotopic (exact) mass is 204 g/mol. The normalized spacial score (nSPS) is 10.0. The van der Waals surface area contributed by atoms with E-state index in [0.29, 0.717) is 22.3 Å². The van der Waals surface area contributed by atoms with Crippen molar-refractivity contribution >= 4 is 28.8 Å². The van der Waals surface area contributed by atoms with Crippen molar-refractivity contribution in [1.82, 2.24) is 4.98 Å². The van der Waals surface area contributed by atoms with E-state index in [4.69, 9.17) is 16.9 Å². The minimum absolute atomic E-state index is 0.275. The van der Waals surface area contributed by atoms with Gasteiger partial charge in [0.05, 0.1) is 5.56 Å². The number of hydrogen-bond donors (Lipinski definition) is 1. The molecule has 0 spiro atoms. The lowest BCUT2D eigenvalue weighted by molar-refractivity contribution is 0.112. The summed E-state index contributed by atoms with van der Waals surface area (Å²) >= 11 is 5.79. The summed E-state index contributed by atoms with van der Waals surface area (Å²) in [6.07, 6.45) is 0.660. The van der Waals surface area contributed by atoms with Crippen LogP contribution in [0.4, 0.5) is 0 Å². The first kappa shape index (κ1) is 8.79. The second-order valence-corrected chi connectivity index (χ2v) is 3.27. The number of aldehydes is 1. The van der Waals surface area contributed by atoms with Gasteiger partial charge in [-0.25, -0.2) is 0 Å². The standard InChI is InChI=1S/C10H5ClN2O/c11-6-1-2-9-7(3-6)8(5-14)10(4-12)13-9/h1-3,5,13H. The molecule has 2 rings (SSSR count). The third-order valence-corrected chi connectivity index (χ3v) is 2.27. The molecule has 1 aromatic carbocycles. The van der Waals surface area contributed by atoms with Crippen molar-refractivity contribution in [2.75, 3.05) is 0 Å². The van der Waals surface area contributed by atoms with Crippen LogP contribution in [0.2, 0.25) is 5.02 Å². The summed E-state index contributed by atoms with van der Waals surface area (Å²) in [5.74, 6) is 0. The largest absolute Gasteiger partial charge is 0.346 e. The van der Waals surface area contributed by atoms with E-state index < -0.39 is 0 Å². The number of H-pyrrole nitrogens is 1. The van der Waals surface area contributed by atoms with Crippen LogP contribution in [0.3, 0.4) is 0 Å². The van der Waals surface area contributed by atoms with Crippen LogP contribution in [0.5, 0.6) is 0 Å². The molecule has 1 N–H and O–H groups in total. The van der Waals surface area contributed by atoms with E-state index in [2.05, 4.69) is 4.98 Å². The number of aromatic amines is 1. The highest BCUT2D eigenvalue weighted by atomic mass is 35.5. The molecule has 0 saturated heterocycles. The Morgan fingerprint density at radius 3 is 2.93 bits per heavy atom. The number of nitrogens with one attached hydrogen (secondary N) is 1. The molecule has 0 fully saturated rings. The van der Waals surface area contributed by atoms with E-state index >= 15 is 0 Å². The van der Waals surface area contributed by atoms with E-state index in [9.17, 15) is 4.79 Å². The van der Waals surface area contributed by atoms with Crippen LogP contribution in [0.25, 0.3) is 10.9 Å². The molecule has 1 heterocycles. The van der Waals surface area contributed by atoms with Crippen LogP contribution in [-0.4, -0.2) is 11.3 Å². The molecule has 0 amide bonds. The van der Waals surface area contributed by atoms with Crippen molar-refractivity contribution in [3.63, 3.8) is 0 Å². The minimum atomic E-state index is 0.275. The topological polar surface area (TPSA) is 56.6 Å². The molecule has 68 valence electrons. The van der Waals surface area contributed by atoms with Gasteiger partial charge in [0.1, 0.15) is 11.8 Å². The van der Waals surface area contributed by atoms with Crippen LogP contribution in [0.1, 0.15) is 16.1 Å². The molecular weight excluding hydrogens is 200 g/mol. The molecule has 0 radical (unpaired) electrons. The minimum Gasteiger partial charge on any atom is -0.346 e. The molecule has 2 aromatic rings. The van der Waals surface area contributed by atoms with Crippen molar-refractivity contribution < 1.29 is 4.79 Å². The summed E-state index contributed by atoms with van der Waals surface area (Å²) in [7, 11) is 0. The molecule has 0 aliphatic rings. The fraction of sp³-hybridized carbons (Fsp3) is 0. The van der Waals surface area contributed by atoms with Gasteiger partial charge < -0.3 is 4.98 Å². The van der Waals surface area contributed by atoms with Gasteiger partial charge in [0.25, 0.3) is 0 Å². The SMILES string of the molecule is N#Cc1[nH]c2ccc(Cl)cc2c1C=O. The highest BCUT2D eigenvalue weighted by Gasteiger charge is 2.09. The Morgan fingerprint density at radius 2 is 2.29 bits per heavy atom. The smallest absolute Gasteiger partial charge is 0.153 e. The van der Waals surface area contributed by atoms with Gasteiger partial charge in [-0.05, 0) is 18.2 Å². The van der Waals surface area contributed by atoms with Gasteiger partial charge in [-0.1, -0.05) is 11.6 Å². The second kappa shape index (κ2) is 3.17. The molecule has 14 heavy (non-hydrogen) atoms. The van der Waals surface area contributed by atoms with E-state index in [0.717, 1.165) is 5.52 Å². The van der Waals surface area contributed by atoms with Crippen molar-refractivity contribution in [3.05, 3.63) is 34.5 Å². The average Bonchev–Trinajstić information content (AvgIpc) is 2.54. The van der Waals surface area contributed by atoms with Gasteiger partial charge in [0, 0.05) is 15.9 Å². The van der Waals surface area contributed by atoms with Gasteiger partial charge in [-0.3, -0.25) is 4.79 Å². The average molecular weight is 205 g/mol. The van der Waals surface area contributed by atoms with Crippen LogP contribution >= 0.6 is 11.6 Å². The van der Waals surface area contributed by atoms with Crippen molar-refractivity contribution in [2.45, 2.75) is 0 Å². The zero-order valence-corrected chi connectivity index (χ0v) is 7.80. The van der Waals surface area contributed by atoms with Crippen molar-refractivity contribution in [1.29, 1.82) is 5.26 Å². The molecule has 0 aliphatic heterocycles. The van der Waals surface area contributed by atoms with Crippen LogP contribution in [0, 0.1) is 11.3 Å². The highest BCUT2D eigenvalue weighted by Crippen LogP contribution is 2.23. The Bertz CT molecular complexity index is 551.